The molecule has 1 amide bonds. The van der Waals surface area contributed by atoms with Crippen LogP contribution in [-0.2, 0) is 11.3 Å². The third kappa shape index (κ3) is 3.64. The van der Waals surface area contributed by atoms with Crippen LogP contribution in [0.1, 0.15) is 24.0 Å². The molecule has 26 heavy (non-hydrogen) atoms. The van der Waals surface area contributed by atoms with Gasteiger partial charge in [-0.25, -0.2) is 5.01 Å². The van der Waals surface area contributed by atoms with Crippen molar-refractivity contribution in [2.75, 3.05) is 21.3 Å². The first-order chi connectivity index (χ1) is 12.7. The average molecular weight is 354 g/mol. The van der Waals surface area contributed by atoms with Crippen LogP contribution in [0, 0.1) is 0 Å². The summed E-state index contributed by atoms with van der Waals surface area (Å²) in [4.78, 5) is 12.3. The van der Waals surface area contributed by atoms with Gasteiger partial charge >= 0.3 is 0 Å². The summed E-state index contributed by atoms with van der Waals surface area (Å²) in [7, 11) is 4.82. The second-order valence-corrected chi connectivity index (χ2v) is 5.88. The molecule has 2 aromatic rings. The van der Waals surface area contributed by atoms with Crippen LogP contribution in [0.15, 0.2) is 47.6 Å². The Labute approximate surface area is 153 Å². The number of hydrazone groups is 1. The highest BCUT2D eigenvalue weighted by Gasteiger charge is 2.23. The van der Waals surface area contributed by atoms with Crippen molar-refractivity contribution in [2.45, 2.75) is 19.4 Å². The van der Waals surface area contributed by atoms with E-state index in [2.05, 4.69) is 5.10 Å². The van der Waals surface area contributed by atoms with Gasteiger partial charge in [0.1, 0.15) is 5.75 Å². The summed E-state index contributed by atoms with van der Waals surface area (Å²) in [6, 6.07) is 13.3. The van der Waals surface area contributed by atoms with Gasteiger partial charge in [-0.1, -0.05) is 18.2 Å². The number of amides is 1. The van der Waals surface area contributed by atoms with Crippen molar-refractivity contribution < 1.29 is 19.0 Å². The molecule has 0 saturated carbocycles. The minimum atomic E-state index is 0.000123. The minimum absolute atomic E-state index is 0.000123. The Morgan fingerprint density at radius 1 is 0.923 bits per heavy atom. The normalized spacial score (nSPS) is 14.0. The molecule has 0 aliphatic carbocycles. The van der Waals surface area contributed by atoms with E-state index in [4.69, 9.17) is 14.2 Å². The van der Waals surface area contributed by atoms with Crippen LogP contribution in [0.4, 0.5) is 0 Å². The maximum absolute atomic E-state index is 12.3. The summed E-state index contributed by atoms with van der Waals surface area (Å²) in [6.07, 6.45) is 1.01. The molecule has 0 saturated heterocycles. The van der Waals surface area contributed by atoms with Gasteiger partial charge < -0.3 is 14.2 Å². The molecule has 0 N–H and O–H groups in total. The third-order valence-corrected chi connectivity index (χ3v) is 4.33. The maximum atomic E-state index is 12.3. The van der Waals surface area contributed by atoms with E-state index in [1.54, 1.807) is 21.3 Å². The number of hydrogen-bond donors (Lipinski definition) is 0. The van der Waals surface area contributed by atoms with Gasteiger partial charge in [-0.2, -0.15) is 5.10 Å². The Kier molecular flexibility index (Phi) is 5.41. The van der Waals surface area contributed by atoms with Gasteiger partial charge in [0, 0.05) is 24.0 Å². The zero-order valence-corrected chi connectivity index (χ0v) is 15.2. The molecule has 136 valence electrons. The molecule has 0 spiro atoms. The van der Waals surface area contributed by atoms with Crippen LogP contribution in [0.25, 0.3) is 0 Å². The lowest BCUT2D eigenvalue weighted by molar-refractivity contribution is -0.132. The fourth-order valence-corrected chi connectivity index (χ4v) is 2.94. The second-order valence-electron chi connectivity index (χ2n) is 5.88. The SMILES string of the molecule is COc1ccccc1CN1N=C(c2ccc(OC)c(OC)c2)CCC1=O. The lowest BCUT2D eigenvalue weighted by Crippen LogP contribution is -2.31. The second kappa shape index (κ2) is 7.91. The first-order valence-electron chi connectivity index (χ1n) is 8.38. The molecule has 6 heteroatoms. The number of para-hydroxylation sites is 1. The van der Waals surface area contributed by atoms with Gasteiger partial charge in [-0.05, 0) is 24.3 Å². The molecule has 1 heterocycles. The van der Waals surface area contributed by atoms with Crippen LogP contribution in [0.5, 0.6) is 17.2 Å². The molecule has 0 aromatic heterocycles. The predicted octanol–water partition coefficient (Wildman–Crippen LogP) is 3.24. The zero-order chi connectivity index (χ0) is 18.5. The molecule has 6 nitrogen and oxygen atoms in total. The molecular weight excluding hydrogens is 332 g/mol. The largest absolute Gasteiger partial charge is 0.496 e. The molecule has 0 atom stereocenters. The van der Waals surface area contributed by atoms with Crippen LogP contribution in [0.2, 0.25) is 0 Å². The van der Waals surface area contributed by atoms with Crippen molar-refractivity contribution in [1.29, 1.82) is 0 Å². The summed E-state index contributed by atoms with van der Waals surface area (Å²) in [5, 5.41) is 6.09. The van der Waals surface area contributed by atoms with E-state index in [-0.39, 0.29) is 5.91 Å². The molecule has 0 bridgehead atoms. The average Bonchev–Trinajstić information content (AvgIpc) is 2.69. The number of hydrogen-bond acceptors (Lipinski definition) is 5. The number of ether oxygens (including phenoxy) is 3. The van der Waals surface area contributed by atoms with Crippen molar-refractivity contribution in [3.63, 3.8) is 0 Å². The third-order valence-electron chi connectivity index (χ3n) is 4.33. The Morgan fingerprint density at radius 2 is 1.65 bits per heavy atom. The lowest BCUT2D eigenvalue weighted by atomic mass is 10.0. The molecular formula is C20H22N2O4. The molecule has 0 radical (unpaired) electrons. The zero-order valence-electron chi connectivity index (χ0n) is 15.2. The first kappa shape index (κ1) is 17.8. The van der Waals surface area contributed by atoms with E-state index < -0.39 is 0 Å². The highest BCUT2D eigenvalue weighted by Crippen LogP contribution is 2.29. The fraction of sp³-hybridized carbons (Fsp3) is 0.300. The monoisotopic (exact) mass is 354 g/mol. The lowest BCUT2D eigenvalue weighted by Gasteiger charge is -2.24. The van der Waals surface area contributed by atoms with Crippen LogP contribution >= 0.6 is 0 Å². The summed E-state index contributed by atoms with van der Waals surface area (Å²) in [5.74, 6) is 2.05. The van der Waals surface area contributed by atoms with Crippen molar-refractivity contribution in [1.82, 2.24) is 5.01 Å². The number of rotatable bonds is 6. The van der Waals surface area contributed by atoms with Gasteiger partial charge in [0.15, 0.2) is 11.5 Å². The van der Waals surface area contributed by atoms with Gasteiger partial charge in [-0.3, -0.25) is 4.79 Å². The minimum Gasteiger partial charge on any atom is -0.496 e. The van der Waals surface area contributed by atoms with Gasteiger partial charge in [0.25, 0.3) is 0 Å². The van der Waals surface area contributed by atoms with E-state index in [0.717, 1.165) is 22.6 Å². The van der Waals surface area contributed by atoms with Crippen LogP contribution in [0.3, 0.4) is 0 Å². The number of nitrogens with zero attached hydrogens (tertiary/aromatic N) is 2. The molecule has 2 aromatic carbocycles. The van der Waals surface area contributed by atoms with Crippen molar-refractivity contribution in [2.24, 2.45) is 5.10 Å². The smallest absolute Gasteiger partial charge is 0.243 e. The summed E-state index contributed by atoms with van der Waals surface area (Å²) in [5.41, 5.74) is 2.68. The molecule has 0 fully saturated rings. The summed E-state index contributed by atoms with van der Waals surface area (Å²) in [6.45, 7) is 0.375. The maximum Gasteiger partial charge on any atom is 0.243 e. The number of carbonyl (C=O) groups excluding carboxylic acids is 1. The number of carbonyl (C=O) groups is 1. The number of benzene rings is 2. The van der Waals surface area contributed by atoms with Crippen molar-refractivity contribution in [3.05, 3.63) is 53.6 Å². The first-order valence-corrected chi connectivity index (χ1v) is 8.38. The Hall–Kier alpha value is -3.02. The Balaban J connectivity index is 1.89. The van der Waals surface area contributed by atoms with Gasteiger partial charge in [0.2, 0.25) is 5.91 Å². The van der Waals surface area contributed by atoms with Gasteiger partial charge in [0.05, 0.1) is 33.6 Å². The summed E-state index contributed by atoms with van der Waals surface area (Å²) >= 11 is 0. The van der Waals surface area contributed by atoms with Crippen molar-refractivity contribution in [3.8, 4) is 17.2 Å². The van der Waals surface area contributed by atoms with Crippen LogP contribution in [-0.4, -0.2) is 38.0 Å². The fourth-order valence-electron chi connectivity index (χ4n) is 2.94. The standard InChI is InChI=1S/C20H22N2O4/c1-24-17-7-5-4-6-15(17)13-22-20(23)11-9-16(21-22)14-8-10-18(25-2)19(12-14)26-3/h4-8,10,12H,9,11,13H2,1-3H3. The Morgan fingerprint density at radius 3 is 2.38 bits per heavy atom. The quantitative estimate of drug-likeness (QED) is 0.799. The topological polar surface area (TPSA) is 60.4 Å². The number of methoxy groups -OCH3 is 3. The highest BCUT2D eigenvalue weighted by atomic mass is 16.5. The van der Waals surface area contributed by atoms with Crippen LogP contribution < -0.4 is 14.2 Å². The van der Waals surface area contributed by atoms with E-state index in [0.29, 0.717) is 30.9 Å². The van der Waals surface area contributed by atoms with Gasteiger partial charge in [-0.15, -0.1) is 0 Å². The molecule has 1 aliphatic rings. The molecule has 1 aliphatic heterocycles. The highest BCUT2D eigenvalue weighted by molar-refractivity contribution is 6.04. The predicted molar refractivity (Wildman–Crippen MR) is 98.9 cm³/mol. The molecule has 3 rings (SSSR count). The molecule has 0 unspecified atom stereocenters. The van der Waals surface area contributed by atoms with Crippen molar-refractivity contribution >= 4 is 11.6 Å². The van der Waals surface area contributed by atoms with E-state index >= 15 is 0 Å². The van der Waals surface area contributed by atoms with E-state index in [9.17, 15) is 4.79 Å². The van der Waals surface area contributed by atoms with E-state index in [1.165, 1.54) is 5.01 Å². The summed E-state index contributed by atoms with van der Waals surface area (Å²) < 4.78 is 16.0. The Bertz CT molecular complexity index is 832. The van der Waals surface area contributed by atoms with E-state index in [1.807, 2.05) is 42.5 Å².